The molecule has 2 saturated heterocycles. The van der Waals surface area contributed by atoms with Crippen LogP contribution in [0.15, 0.2) is 24.5 Å². The van der Waals surface area contributed by atoms with Gasteiger partial charge in [0.05, 0.1) is 25.9 Å². The SMILES string of the molecule is CC1CO1.CC1COC(=O)O1.CCCNCCN(C)CCN.CCN(CC)CCO.CN(C)c1ccncc1.NCCO.O=P. The number of aliphatic hydroxyl groups excluding tert-OH is 2. The highest BCUT2D eigenvalue weighted by Gasteiger charge is 2.19. The maximum atomic E-state index is 10.0. The molecule has 3 heterocycles. The van der Waals surface area contributed by atoms with Crippen LogP contribution in [0.5, 0.6) is 0 Å². The van der Waals surface area contributed by atoms with E-state index in [0.29, 0.717) is 19.3 Å². The van der Waals surface area contributed by atoms with Crippen LogP contribution in [0.1, 0.15) is 41.0 Å². The Morgan fingerprint density at radius 3 is 1.69 bits per heavy atom. The maximum absolute atomic E-state index is 10.0. The highest BCUT2D eigenvalue weighted by molar-refractivity contribution is 7.00. The molecule has 2 atom stereocenters. The molecule has 0 spiro atoms. The minimum absolute atomic E-state index is 0.0486. The Labute approximate surface area is 275 Å². The number of hydrogen-bond donors (Lipinski definition) is 5. The number of nitrogens with two attached hydrogens (primary N) is 2. The summed E-state index contributed by atoms with van der Waals surface area (Å²) in [5, 5.41) is 19.5. The summed E-state index contributed by atoms with van der Waals surface area (Å²) in [4.78, 5) is 20.4. The molecule has 0 bridgehead atoms. The number of cyclic esters (lactones) is 2. The molecule has 0 aliphatic carbocycles. The number of likely N-dealkylation sites (N-methyl/N-ethyl adjacent to an activating group) is 2. The summed E-state index contributed by atoms with van der Waals surface area (Å²) in [6.45, 7) is 20.3. The van der Waals surface area contributed by atoms with Crippen molar-refractivity contribution in [2.24, 2.45) is 11.5 Å². The molecule has 0 aromatic carbocycles. The fourth-order valence-corrected chi connectivity index (χ4v) is 2.74. The number of carbonyl (C=O) groups excluding carboxylic acids is 1. The summed E-state index contributed by atoms with van der Waals surface area (Å²) in [6.07, 6.45) is 4.77. The predicted octanol–water partition coefficient (Wildman–Crippen LogP) is 1.70. The number of hydrogen-bond acceptors (Lipinski definition) is 14. The zero-order valence-corrected chi connectivity index (χ0v) is 30.2. The maximum Gasteiger partial charge on any atom is 0.508 e. The molecule has 3 rings (SSSR count). The van der Waals surface area contributed by atoms with Crippen molar-refractivity contribution in [3.8, 4) is 0 Å². The van der Waals surface area contributed by atoms with Gasteiger partial charge >= 0.3 is 6.16 Å². The zero-order chi connectivity index (χ0) is 35.3. The Kier molecular flexibility index (Phi) is 44.4. The first-order valence-corrected chi connectivity index (χ1v) is 15.9. The van der Waals surface area contributed by atoms with E-state index in [-0.39, 0.29) is 19.3 Å². The highest BCUT2D eigenvalue weighted by Crippen LogP contribution is 2.06. The Hall–Kier alpha value is -2.00. The predicted molar refractivity (Wildman–Crippen MR) is 186 cm³/mol. The molecule has 7 N–H and O–H groups in total. The average molecular weight is 668 g/mol. The van der Waals surface area contributed by atoms with Gasteiger partial charge in [-0.3, -0.25) is 9.55 Å². The molecule has 14 nitrogen and oxygen atoms in total. The van der Waals surface area contributed by atoms with Crippen LogP contribution >= 0.6 is 9.12 Å². The standard InChI is InChI=1S/C8H21N3.C7H10N2.C6H15NO.C4H6O3.C3H6O.C2H7NO.HOP/c1-3-5-10-6-8-11(2)7-4-9;1-9(2)7-3-5-8-6-4-7;1-3-7(4-2)5-6-8;1-3-2-6-4(5)7-3;1-3-2-4-3;3-1-2-4;1-2/h10H,3-9H2,1-2H3;3-6H,1-2H3;8H,3-6H2,1-2H3;3H,2H2,1H3;3H,2H2,1H3;4H,1-3H2;2H. The van der Waals surface area contributed by atoms with Gasteiger partial charge in [0.25, 0.3) is 0 Å². The Morgan fingerprint density at radius 2 is 1.44 bits per heavy atom. The van der Waals surface area contributed by atoms with E-state index in [1.807, 2.05) is 31.1 Å². The Morgan fingerprint density at radius 1 is 0.911 bits per heavy atom. The smallest absolute Gasteiger partial charge is 0.430 e. The number of rotatable bonds is 13. The lowest BCUT2D eigenvalue weighted by molar-refractivity contribution is 0.121. The van der Waals surface area contributed by atoms with Crippen LogP contribution in [0.2, 0.25) is 0 Å². The minimum Gasteiger partial charge on any atom is -0.430 e. The summed E-state index contributed by atoms with van der Waals surface area (Å²) < 4.78 is 21.7. The van der Waals surface area contributed by atoms with E-state index in [9.17, 15) is 4.79 Å². The van der Waals surface area contributed by atoms with Gasteiger partial charge in [-0.2, -0.15) is 0 Å². The number of nitrogens with zero attached hydrogens (tertiary/aromatic N) is 4. The van der Waals surface area contributed by atoms with E-state index in [0.717, 1.165) is 59.0 Å². The monoisotopic (exact) mass is 667 g/mol. The van der Waals surface area contributed by atoms with Crippen molar-refractivity contribution in [2.45, 2.75) is 53.2 Å². The molecule has 2 fully saturated rings. The third-order valence-electron chi connectivity index (χ3n) is 5.46. The van der Waals surface area contributed by atoms with Gasteiger partial charge in [0.15, 0.2) is 0 Å². The van der Waals surface area contributed by atoms with Gasteiger partial charge in [-0.1, -0.05) is 20.8 Å². The molecule has 2 aliphatic rings. The fourth-order valence-electron chi connectivity index (χ4n) is 2.74. The number of aromatic nitrogens is 1. The molecule has 268 valence electrons. The van der Waals surface area contributed by atoms with E-state index in [1.54, 1.807) is 28.4 Å². The second kappa shape index (κ2) is 40.0. The Bertz CT molecular complexity index is 706. The lowest BCUT2D eigenvalue weighted by Crippen LogP contribution is -2.32. The molecule has 0 radical (unpaired) electrons. The van der Waals surface area contributed by atoms with E-state index in [1.165, 1.54) is 12.1 Å². The average Bonchev–Trinajstić information content (AvgIpc) is 3.75. The zero-order valence-electron chi connectivity index (χ0n) is 29.2. The lowest BCUT2D eigenvalue weighted by Gasteiger charge is -2.15. The van der Waals surface area contributed by atoms with Crippen LogP contribution in [-0.4, -0.2) is 150 Å². The first kappa shape index (κ1) is 49.9. The molecular formula is C30H66N7O7P. The first-order chi connectivity index (χ1) is 21.6. The van der Waals surface area contributed by atoms with Gasteiger partial charge in [-0.05, 0) is 59.1 Å². The molecule has 1 aromatic rings. The van der Waals surface area contributed by atoms with Crippen molar-refractivity contribution in [1.82, 2.24) is 20.1 Å². The van der Waals surface area contributed by atoms with E-state index in [2.05, 4.69) is 64.3 Å². The number of epoxide rings is 1. The van der Waals surface area contributed by atoms with Crippen LogP contribution < -0.4 is 21.7 Å². The van der Waals surface area contributed by atoms with Crippen molar-refractivity contribution < 1.29 is 33.8 Å². The first-order valence-electron chi connectivity index (χ1n) is 15.5. The third kappa shape index (κ3) is 44.2. The normalized spacial score (nSPS) is 15.2. The largest absolute Gasteiger partial charge is 0.508 e. The number of carbonyl (C=O) groups is 1. The summed E-state index contributed by atoms with van der Waals surface area (Å²) in [7, 11) is 7.84. The number of aliphatic hydroxyl groups is 2. The van der Waals surface area contributed by atoms with Crippen molar-refractivity contribution in [1.29, 1.82) is 0 Å². The van der Waals surface area contributed by atoms with Gasteiger partial charge < -0.3 is 55.9 Å². The summed E-state index contributed by atoms with van der Waals surface area (Å²) in [5.41, 5.74) is 11.4. The number of ether oxygens (including phenoxy) is 3. The number of nitrogens with one attached hydrogen (secondary N) is 1. The van der Waals surface area contributed by atoms with Crippen molar-refractivity contribution >= 4 is 21.0 Å². The third-order valence-corrected chi connectivity index (χ3v) is 5.46. The molecule has 0 amide bonds. The topological polar surface area (TPSA) is 192 Å². The molecule has 2 unspecified atom stereocenters. The van der Waals surface area contributed by atoms with Crippen LogP contribution in [0, 0.1) is 0 Å². The second-order valence-electron chi connectivity index (χ2n) is 9.84. The summed E-state index contributed by atoms with van der Waals surface area (Å²) >= 11 is 0. The molecule has 0 saturated carbocycles. The molecule has 2 aliphatic heterocycles. The minimum atomic E-state index is -0.549. The highest BCUT2D eigenvalue weighted by atomic mass is 31.0. The second-order valence-corrected chi connectivity index (χ2v) is 9.84. The van der Waals surface area contributed by atoms with Gasteiger partial charge in [0, 0.05) is 71.4 Å². The lowest BCUT2D eigenvalue weighted by atomic mass is 10.4. The van der Waals surface area contributed by atoms with Gasteiger partial charge in [-0.25, -0.2) is 4.79 Å². The van der Waals surface area contributed by atoms with Crippen molar-refractivity contribution in [3.05, 3.63) is 24.5 Å². The summed E-state index contributed by atoms with van der Waals surface area (Å²) in [5.74, 6) is 0. The molecular weight excluding hydrogens is 601 g/mol. The Balaban J connectivity index is -0.000000228. The van der Waals surface area contributed by atoms with Gasteiger partial charge in [0.2, 0.25) is 0 Å². The van der Waals surface area contributed by atoms with E-state index < -0.39 is 6.16 Å². The van der Waals surface area contributed by atoms with Crippen LogP contribution in [0.25, 0.3) is 0 Å². The van der Waals surface area contributed by atoms with Crippen molar-refractivity contribution in [2.75, 3.05) is 111 Å². The number of anilines is 1. The molecule has 1 aromatic heterocycles. The van der Waals surface area contributed by atoms with Crippen LogP contribution in [0.3, 0.4) is 0 Å². The van der Waals surface area contributed by atoms with Crippen LogP contribution in [-0.2, 0) is 18.8 Å². The quantitative estimate of drug-likeness (QED) is 0.0884. The fraction of sp³-hybridized carbons (Fsp3) is 0.800. The van der Waals surface area contributed by atoms with E-state index >= 15 is 0 Å². The van der Waals surface area contributed by atoms with E-state index in [4.69, 9.17) is 31.0 Å². The summed E-state index contributed by atoms with van der Waals surface area (Å²) in [6, 6.07) is 3.94. The molecule has 45 heavy (non-hydrogen) atoms. The number of pyridine rings is 1. The van der Waals surface area contributed by atoms with Gasteiger partial charge in [-0.15, -0.1) is 0 Å². The van der Waals surface area contributed by atoms with Crippen LogP contribution in [0.4, 0.5) is 10.5 Å². The molecule has 15 heteroatoms. The van der Waals surface area contributed by atoms with Crippen molar-refractivity contribution in [3.63, 3.8) is 0 Å². The van der Waals surface area contributed by atoms with Gasteiger partial charge in [0.1, 0.15) is 21.8 Å².